The fraction of sp³-hybridized carbons (Fsp3) is 0.125. The zero-order valence-corrected chi connectivity index (χ0v) is 18.5. The number of aromatic nitrogens is 3. The molecule has 1 aromatic heterocycles. The van der Waals surface area contributed by atoms with Crippen LogP contribution in [-0.4, -0.2) is 40.6 Å². The molecule has 0 aliphatic heterocycles. The lowest BCUT2D eigenvalue weighted by Gasteiger charge is -2.11. The van der Waals surface area contributed by atoms with Gasteiger partial charge in [-0.3, -0.25) is 9.36 Å². The minimum atomic E-state index is -0.131. The van der Waals surface area contributed by atoms with Gasteiger partial charge in [0, 0.05) is 16.9 Å². The maximum absolute atomic E-state index is 12.5. The first-order chi connectivity index (χ1) is 15.7. The molecule has 1 N–H and O–H groups in total. The Morgan fingerprint density at radius 1 is 0.875 bits per heavy atom. The van der Waals surface area contributed by atoms with Crippen LogP contribution in [0.25, 0.3) is 17.1 Å². The van der Waals surface area contributed by atoms with Gasteiger partial charge in [-0.1, -0.05) is 30.0 Å². The molecule has 1 heterocycles. The first-order valence-electron chi connectivity index (χ1n) is 9.90. The van der Waals surface area contributed by atoms with Crippen molar-refractivity contribution >= 4 is 23.4 Å². The minimum Gasteiger partial charge on any atom is -0.497 e. The molecule has 0 spiro atoms. The lowest BCUT2D eigenvalue weighted by molar-refractivity contribution is -0.113. The van der Waals surface area contributed by atoms with Gasteiger partial charge in [0.25, 0.3) is 0 Å². The van der Waals surface area contributed by atoms with Crippen LogP contribution in [0.5, 0.6) is 11.5 Å². The summed E-state index contributed by atoms with van der Waals surface area (Å²) in [5.41, 5.74) is 2.53. The van der Waals surface area contributed by atoms with E-state index in [0.717, 1.165) is 22.7 Å². The fourth-order valence-electron chi connectivity index (χ4n) is 3.10. The third-order valence-corrected chi connectivity index (χ3v) is 5.63. The standard InChI is InChI=1S/C24H22N4O3S/c1-30-20-12-8-17(9-13-20)23-26-27-24(28(23)19-6-4-3-5-7-19)32-16-22(29)25-18-10-14-21(31-2)15-11-18/h3-15H,16H2,1-2H3,(H,25,29). The van der Waals surface area contributed by atoms with Crippen molar-refractivity contribution in [2.45, 2.75) is 5.16 Å². The number of methoxy groups -OCH3 is 2. The summed E-state index contributed by atoms with van der Waals surface area (Å²) in [6.45, 7) is 0. The van der Waals surface area contributed by atoms with Crippen molar-refractivity contribution in [3.05, 3.63) is 78.9 Å². The van der Waals surface area contributed by atoms with Crippen molar-refractivity contribution < 1.29 is 14.3 Å². The molecule has 0 radical (unpaired) electrons. The van der Waals surface area contributed by atoms with E-state index in [-0.39, 0.29) is 11.7 Å². The van der Waals surface area contributed by atoms with Crippen molar-refractivity contribution in [3.8, 4) is 28.6 Å². The van der Waals surface area contributed by atoms with Crippen molar-refractivity contribution in [3.63, 3.8) is 0 Å². The third-order valence-electron chi connectivity index (χ3n) is 4.70. The number of rotatable bonds is 8. The van der Waals surface area contributed by atoms with E-state index in [9.17, 15) is 4.79 Å². The van der Waals surface area contributed by atoms with Crippen molar-refractivity contribution in [2.24, 2.45) is 0 Å². The average Bonchev–Trinajstić information content (AvgIpc) is 3.28. The molecule has 32 heavy (non-hydrogen) atoms. The van der Waals surface area contributed by atoms with E-state index < -0.39 is 0 Å². The number of para-hydroxylation sites is 1. The van der Waals surface area contributed by atoms with Crippen molar-refractivity contribution in [2.75, 3.05) is 25.3 Å². The third kappa shape index (κ3) is 4.92. The maximum Gasteiger partial charge on any atom is 0.234 e. The number of thioether (sulfide) groups is 1. The second-order valence-corrected chi connectivity index (χ2v) is 7.71. The molecular formula is C24H22N4O3S. The highest BCUT2D eigenvalue weighted by Crippen LogP contribution is 2.29. The number of ether oxygens (including phenoxy) is 2. The molecule has 8 heteroatoms. The summed E-state index contributed by atoms with van der Waals surface area (Å²) in [5, 5.41) is 12.3. The highest BCUT2D eigenvalue weighted by molar-refractivity contribution is 7.99. The van der Waals surface area contributed by atoms with Gasteiger partial charge in [0.05, 0.1) is 20.0 Å². The van der Waals surface area contributed by atoms with E-state index in [1.807, 2.05) is 59.2 Å². The van der Waals surface area contributed by atoms with Crippen molar-refractivity contribution in [1.29, 1.82) is 0 Å². The Bertz CT molecular complexity index is 1180. The Kier molecular flexibility index (Phi) is 6.72. The number of carbonyl (C=O) groups excluding carboxylic acids is 1. The number of benzene rings is 3. The largest absolute Gasteiger partial charge is 0.497 e. The van der Waals surface area contributed by atoms with Gasteiger partial charge in [0.2, 0.25) is 5.91 Å². The van der Waals surface area contributed by atoms with Gasteiger partial charge in [0.15, 0.2) is 11.0 Å². The smallest absolute Gasteiger partial charge is 0.234 e. The lowest BCUT2D eigenvalue weighted by atomic mass is 10.2. The van der Waals surface area contributed by atoms with Crippen LogP contribution in [0.2, 0.25) is 0 Å². The molecule has 3 aromatic carbocycles. The quantitative estimate of drug-likeness (QED) is 0.396. The molecule has 0 unspecified atom stereocenters. The number of nitrogens with one attached hydrogen (secondary N) is 1. The molecule has 0 atom stereocenters. The number of hydrogen-bond donors (Lipinski definition) is 1. The molecule has 7 nitrogen and oxygen atoms in total. The molecule has 0 bridgehead atoms. The van der Waals surface area contributed by atoms with E-state index in [1.165, 1.54) is 11.8 Å². The van der Waals surface area contributed by atoms with Crippen LogP contribution in [0.1, 0.15) is 0 Å². The van der Waals surface area contributed by atoms with Gasteiger partial charge in [-0.25, -0.2) is 0 Å². The van der Waals surface area contributed by atoms with Gasteiger partial charge in [0.1, 0.15) is 11.5 Å². The number of nitrogens with zero attached hydrogens (tertiary/aromatic N) is 3. The Balaban J connectivity index is 1.55. The predicted molar refractivity (Wildman–Crippen MR) is 126 cm³/mol. The van der Waals surface area contributed by atoms with Crippen LogP contribution < -0.4 is 14.8 Å². The molecular weight excluding hydrogens is 424 g/mol. The number of anilines is 1. The van der Waals surface area contributed by atoms with Gasteiger partial charge in [-0.2, -0.15) is 0 Å². The topological polar surface area (TPSA) is 78.3 Å². The summed E-state index contributed by atoms with van der Waals surface area (Å²) in [6.07, 6.45) is 0. The van der Waals surface area contributed by atoms with Crippen LogP contribution in [0.4, 0.5) is 5.69 Å². The highest BCUT2D eigenvalue weighted by Gasteiger charge is 2.17. The predicted octanol–water partition coefficient (Wildman–Crippen LogP) is 4.68. The SMILES string of the molecule is COc1ccc(NC(=O)CSc2nnc(-c3ccc(OC)cc3)n2-c2ccccc2)cc1. The summed E-state index contributed by atoms with van der Waals surface area (Å²) < 4.78 is 12.3. The van der Waals surface area contributed by atoms with Crippen LogP contribution in [0.15, 0.2) is 84.0 Å². The zero-order valence-electron chi connectivity index (χ0n) is 17.7. The van der Waals surface area contributed by atoms with E-state index in [0.29, 0.717) is 16.7 Å². The average molecular weight is 447 g/mol. The van der Waals surface area contributed by atoms with E-state index in [4.69, 9.17) is 9.47 Å². The van der Waals surface area contributed by atoms with E-state index in [2.05, 4.69) is 15.5 Å². The van der Waals surface area contributed by atoms with Crippen LogP contribution >= 0.6 is 11.8 Å². The van der Waals surface area contributed by atoms with Crippen molar-refractivity contribution in [1.82, 2.24) is 14.8 Å². The van der Waals surface area contributed by atoms with Crippen LogP contribution in [-0.2, 0) is 4.79 Å². The van der Waals surface area contributed by atoms with Crippen LogP contribution in [0, 0.1) is 0 Å². The first kappa shape index (κ1) is 21.5. The lowest BCUT2D eigenvalue weighted by Crippen LogP contribution is -2.14. The molecule has 0 fully saturated rings. The Morgan fingerprint density at radius 3 is 2.12 bits per heavy atom. The first-order valence-corrected chi connectivity index (χ1v) is 10.9. The normalized spacial score (nSPS) is 10.6. The summed E-state index contributed by atoms with van der Waals surface area (Å²) in [4.78, 5) is 12.5. The Labute approximate surface area is 190 Å². The zero-order chi connectivity index (χ0) is 22.3. The Morgan fingerprint density at radius 2 is 1.50 bits per heavy atom. The second kappa shape index (κ2) is 10.0. The second-order valence-electron chi connectivity index (χ2n) is 6.77. The number of hydrogen-bond acceptors (Lipinski definition) is 6. The van der Waals surface area contributed by atoms with E-state index in [1.54, 1.807) is 38.5 Å². The van der Waals surface area contributed by atoms with Gasteiger partial charge < -0.3 is 14.8 Å². The fourth-order valence-corrected chi connectivity index (χ4v) is 3.85. The maximum atomic E-state index is 12.5. The number of carbonyl (C=O) groups is 1. The molecule has 4 rings (SSSR count). The molecule has 0 saturated heterocycles. The summed E-state index contributed by atoms with van der Waals surface area (Å²) in [7, 11) is 3.24. The molecule has 0 saturated carbocycles. The van der Waals surface area contributed by atoms with E-state index >= 15 is 0 Å². The van der Waals surface area contributed by atoms with Crippen LogP contribution in [0.3, 0.4) is 0 Å². The molecule has 162 valence electrons. The summed E-state index contributed by atoms with van der Waals surface area (Å²) in [5.74, 6) is 2.26. The molecule has 0 aliphatic carbocycles. The van der Waals surface area contributed by atoms with Gasteiger partial charge in [-0.05, 0) is 60.7 Å². The highest BCUT2D eigenvalue weighted by atomic mass is 32.2. The summed E-state index contributed by atoms with van der Waals surface area (Å²) in [6, 6.07) is 24.7. The number of amides is 1. The minimum absolute atomic E-state index is 0.131. The van der Waals surface area contributed by atoms with Gasteiger partial charge >= 0.3 is 0 Å². The molecule has 0 aliphatic rings. The Hall–Kier alpha value is -3.78. The monoisotopic (exact) mass is 446 g/mol. The van der Waals surface area contributed by atoms with Gasteiger partial charge in [-0.15, -0.1) is 10.2 Å². The molecule has 1 amide bonds. The summed E-state index contributed by atoms with van der Waals surface area (Å²) >= 11 is 1.33. The molecule has 4 aromatic rings.